The second-order valence-electron chi connectivity index (χ2n) is 9.62. The number of rotatable bonds is 4. The van der Waals surface area contributed by atoms with Crippen molar-refractivity contribution in [3.63, 3.8) is 0 Å². The van der Waals surface area contributed by atoms with Gasteiger partial charge < -0.3 is 0 Å². The van der Waals surface area contributed by atoms with E-state index < -0.39 is 0 Å². The van der Waals surface area contributed by atoms with Crippen LogP contribution in [-0.2, 0) is 0 Å². The number of benzene rings is 2. The van der Waals surface area contributed by atoms with Crippen LogP contribution in [0.2, 0.25) is 10.0 Å². The highest BCUT2D eigenvalue weighted by molar-refractivity contribution is 6.35. The third-order valence-corrected chi connectivity index (χ3v) is 7.45. The van der Waals surface area contributed by atoms with Gasteiger partial charge in [0.15, 0.2) is 5.69 Å². The van der Waals surface area contributed by atoms with Crippen LogP contribution in [0.5, 0.6) is 0 Å². The summed E-state index contributed by atoms with van der Waals surface area (Å²) in [5.74, 6) is 6.40. The van der Waals surface area contributed by atoms with Crippen molar-refractivity contribution in [2.45, 2.75) is 51.9 Å². The maximum atomic E-state index is 13.3. The summed E-state index contributed by atoms with van der Waals surface area (Å²) in [6.45, 7) is 3.62. The molecule has 5 rings (SSSR count). The van der Waals surface area contributed by atoms with E-state index in [2.05, 4.69) is 23.3 Å². The van der Waals surface area contributed by atoms with Gasteiger partial charge in [-0.3, -0.25) is 10.2 Å². The van der Waals surface area contributed by atoms with E-state index in [4.69, 9.17) is 28.3 Å². The van der Waals surface area contributed by atoms with Gasteiger partial charge in [0.25, 0.3) is 5.91 Å². The number of hydrazine groups is 1. The summed E-state index contributed by atoms with van der Waals surface area (Å²) in [5.41, 5.74) is 8.77. The molecule has 0 spiro atoms. The standard InChI is InChI=1S/C30H30Cl2N4O/c1-21-28(30(37)34-35-18-6-3-7-19-35)33-36(27-17-16-25(31)20-26(27)32)29(21)24-14-12-23(13-15-24)11-10-22-8-4-2-5-9-22/h8,12-17,20H,2-7,9,18-19H2,1H3,(H,34,37). The molecule has 0 unspecified atom stereocenters. The first kappa shape index (κ1) is 25.6. The zero-order chi connectivity index (χ0) is 25.8. The lowest BCUT2D eigenvalue weighted by Gasteiger charge is -2.26. The molecular weight excluding hydrogens is 503 g/mol. The van der Waals surface area contributed by atoms with E-state index in [9.17, 15) is 4.79 Å². The Bertz CT molecular complexity index is 1390. The number of nitrogens with one attached hydrogen (secondary N) is 1. The van der Waals surface area contributed by atoms with Gasteiger partial charge in [0, 0.05) is 34.8 Å². The highest BCUT2D eigenvalue weighted by Gasteiger charge is 2.25. The van der Waals surface area contributed by atoms with Crippen LogP contribution in [0.15, 0.2) is 54.1 Å². The van der Waals surface area contributed by atoms with Crippen LogP contribution in [-0.4, -0.2) is 33.8 Å². The van der Waals surface area contributed by atoms with E-state index in [1.165, 1.54) is 24.8 Å². The monoisotopic (exact) mass is 532 g/mol. The number of hydrogen-bond donors (Lipinski definition) is 1. The first-order valence-corrected chi connectivity index (χ1v) is 13.7. The molecule has 1 aliphatic carbocycles. The highest BCUT2D eigenvalue weighted by Crippen LogP contribution is 2.33. The van der Waals surface area contributed by atoms with Crippen molar-refractivity contribution in [3.8, 4) is 28.8 Å². The fourth-order valence-electron chi connectivity index (χ4n) is 4.90. The molecule has 3 aromatic rings. The van der Waals surface area contributed by atoms with E-state index in [-0.39, 0.29) is 5.91 Å². The number of nitrogens with zero attached hydrogens (tertiary/aromatic N) is 3. The molecule has 5 nitrogen and oxygen atoms in total. The summed E-state index contributed by atoms with van der Waals surface area (Å²) >= 11 is 12.7. The third-order valence-electron chi connectivity index (χ3n) is 6.91. The molecule has 190 valence electrons. The average molecular weight is 534 g/mol. The molecule has 1 fully saturated rings. The van der Waals surface area contributed by atoms with Gasteiger partial charge in [-0.2, -0.15) is 5.10 Å². The predicted octanol–water partition coefficient (Wildman–Crippen LogP) is 7.14. The second-order valence-corrected chi connectivity index (χ2v) is 10.5. The molecule has 2 heterocycles. The molecule has 7 heteroatoms. The molecule has 0 atom stereocenters. The molecule has 1 saturated heterocycles. The van der Waals surface area contributed by atoms with Gasteiger partial charge >= 0.3 is 0 Å². The third kappa shape index (κ3) is 5.93. The molecule has 0 bridgehead atoms. The summed E-state index contributed by atoms with van der Waals surface area (Å²) in [7, 11) is 0. The summed E-state index contributed by atoms with van der Waals surface area (Å²) in [6, 6.07) is 13.4. The van der Waals surface area contributed by atoms with Gasteiger partial charge in [0.05, 0.1) is 16.4 Å². The first-order valence-electron chi connectivity index (χ1n) is 12.9. The minimum atomic E-state index is -0.215. The molecule has 37 heavy (non-hydrogen) atoms. The molecule has 2 aromatic carbocycles. The molecule has 0 radical (unpaired) electrons. The molecule has 1 N–H and O–H groups in total. The van der Waals surface area contributed by atoms with Crippen molar-refractivity contribution in [3.05, 3.63) is 81.0 Å². The minimum Gasteiger partial charge on any atom is -0.283 e. The van der Waals surface area contributed by atoms with Crippen molar-refractivity contribution in [1.29, 1.82) is 0 Å². The predicted molar refractivity (Wildman–Crippen MR) is 150 cm³/mol. The summed E-state index contributed by atoms with van der Waals surface area (Å²) in [5, 5.41) is 7.73. The van der Waals surface area contributed by atoms with Gasteiger partial charge in [-0.1, -0.05) is 59.7 Å². The van der Waals surface area contributed by atoms with Crippen molar-refractivity contribution >= 4 is 29.1 Å². The number of piperidine rings is 1. The molecular formula is C30H30Cl2N4O. The number of amides is 1. The fraction of sp³-hybridized carbons (Fsp3) is 0.333. The number of carbonyl (C=O) groups excluding carboxylic acids is 1. The SMILES string of the molecule is Cc1c(C(=O)NN2CCCCC2)nn(-c2ccc(Cl)cc2Cl)c1-c1ccc(C#CC2=CCCCC2)cc1. The van der Waals surface area contributed by atoms with Gasteiger partial charge in [-0.05, 0) is 81.4 Å². The van der Waals surface area contributed by atoms with E-state index in [1.54, 1.807) is 16.8 Å². The molecule has 0 saturated carbocycles. The first-order chi connectivity index (χ1) is 18.0. The van der Waals surface area contributed by atoms with Gasteiger partial charge in [0.1, 0.15) is 0 Å². The molecule has 1 aromatic heterocycles. The van der Waals surface area contributed by atoms with Crippen LogP contribution in [0, 0.1) is 18.8 Å². The summed E-state index contributed by atoms with van der Waals surface area (Å²) < 4.78 is 1.74. The zero-order valence-corrected chi connectivity index (χ0v) is 22.5. The summed E-state index contributed by atoms with van der Waals surface area (Å²) in [4.78, 5) is 13.3. The maximum Gasteiger partial charge on any atom is 0.286 e. The van der Waals surface area contributed by atoms with Crippen LogP contribution in [0.25, 0.3) is 16.9 Å². The number of aromatic nitrogens is 2. The van der Waals surface area contributed by atoms with E-state index >= 15 is 0 Å². The largest absolute Gasteiger partial charge is 0.286 e. The normalized spacial score (nSPS) is 16.0. The van der Waals surface area contributed by atoms with E-state index in [1.807, 2.05) is 42.3 Å². The van der Waals surface area contributed by atoms with Gasteiger partial charge in [-0.25, -0.2) is 9.69 Å². The topological polar surface area (TPSA) is 50.2 Å². The fourth-order valence-corrected chi connectivity index (χ4v) is 5.38. The van der Waals surface area contributed by atoms with Crippen molar-refractivity contribution in [2.24, 2.45) is 0 Å². The number of allylic oxidation sites excluding steroid dienone is 2. The minimum absolute atomic E-state index is 0.215. The number of carbonyl (C=O) groups is 1. The van der Waals surface area contributed by atoms with E-state index in [0.717, 1.165) is 61.2 Å². The molecule has 1 amide bonds. The van der Waals surface area contributed by atoms with Crippen LogP contribution >= 0.6 is 23.2 Å². The molecule has 2 aliphatic rings. The Balaban J connectivity index is 1.51. The maximum absolute atomic E-state index is 13.3. The zero-order valence-electron chi connectivity index (χ0n) is 21.0. The van der Waals surface area contributed by atoms with Crippen molar-refractivity contribution in [2.75, 3.05) is 13.1 Å². The Hall–Kier alpha value is -3.04. The lowest BCUT2D eigenvalue weighted by molar-refractivity contribution is 0.0743. The Morgan fingerprint density at radius 1 is 0.973 bits per heavy atom. The van der Waals surface area contributed by atoms with Crippen molar-refractivity contribution in [1.82, 2.24) is 20.2 Å². The van der Waals surface area contributed by atoms with Crippen LogP contribution in [0.4, 0.5) is 0 Å². The Morgan fingerprint density at radius 2 is 1.76 bits per heavy atom. The van der Waals surface area contributed by atoms with Gasteiger partial charge in [0.2, 0.25) is 0 Å². The number of halogens is 2. The highest BCUT2D eigenvalue weighted by atomic mass is 35.5. The van der Waals surface area contributed by atoms with Crippen LogP contribution < -0.4 is 5.43 Å². The smallest absolute Gasteiger partial charge is 0.283 e. The quantitative estimate of drug-likeness (QED) is 0.363. The number of hydrogen-bond acceptors (Lipinski definition) is 3. The lowest BCUT2D eigenvalue weighted by atomic mass is 9.99. The Morgan fingerprint density at radius 3 is 2.46 bits per heavy atom. The van der Waals surface area contributed by atoms with Crippen LogP contribution in [0.3, 0.4) is 0 Å². The van der Waals surface area contributed by atoms with Crippen molar-refractivity contribution < 1.29 is 4.79 Å². The lowest BCUT2D eigenvalue weighted by Crippen LogP contribution is -2.45. The average Bonchev–Trinajstić information content (AvgIpc) is 3.25. The van der Waals surface area contributed by atoms with Crippen LogP contribution in [0.1, 0.15) is 66.6 Å². The molecule has 1 aliphatic heterocycles. The second kappa shape index (κ2) is 11.6. The Labute approximate surface area is 228 Å². The Kier molecular flexibility index (Phi) is 8.00. The van der Waals surface area contributed by atoms with E-state index in [0.29, 0.717) is 21.4 Å². The van der Waals surface area contributed by atoms with Gasteiger partial charge in [-0.15, -0.1) is 0 Å². The summed E-state index contributed by atoms with van der Waals surface area (Å²) in [6.07, 6.45) is 10.2.